The quantitative estimate of drug-likeness (QED) is 0.463. The van der Waals surface area contributed by atoms with Crippen molar-refractivity contribution in [3.8, 4) is 11.3 Å². The minimum absolute atomic E-state index is 0.607. The van der Waals surface area contributed by atoms with E-state index >= 15 is 0 Å². The van der Waals surface area contributed by atoms with Gasteiger partial charge in [0.25, 0.3) is 0 Å². The van der Waals surface area contributed by atoms with Crippen LogP contribution in [0.25, 0.3) is 22.3 Å². The maximum Gasteiger partial charge on any atom is 0.224 e. The molecule has 0 aromatic carbocycles. The topological polar surface area (TPSA) is 96.7 Å². The maximum absolute atomic E-state index is 4.92. The molecule has 0 saturated carbocycles. The van der Waals surface area contributed by atoms with Gasteiger partial charge >= 0.3 is 0 Å². The van der Waals surface area contributed by atoms with Crippen LogP contribution in [0.2, 0.25) is 0 Å². The average molecular weight is 430 g/mol. The first-order valence-corrected chi connectivity index (χ1v) is 11.1. The van der Waals surface area contributed by atoms with Gasteiger partial charge in [0.15, 0.2) is 5.65 Å². The summed E-state index contributed by atoms with van der Waals surface area (Å²) in [6.45, 7) is 7.46. The van der Waals surface area contributed by atoms with Gasteiger partial charge in [0.05, 0.1) is 11.9 Å². The van der Waals surface area contributed by atoms with Crippen molar-refractivity contribution in [3.05, 3.63) is 54.6 Å². The Hall–Kier alpha value is -3.59. The molecule has 5 heterocycles. The lowest BCUT2D eigenvalue weighted by Gasteiger charge is -2.28. The van der Waals surface area contributed by atoms with Crippen LogP contribution >= 0.6 is 0 Å². The zero-order valence-electron chi connectivity index (χ0n) is 18.2. The third-order valence-corrected chi connectivity index (χ3v) is 5.57. The average Bonchev–Trinajstić information content (AvgIpc) is 3.21. The van der Waals surface area contributed by atoms with E-state index < -0.39 is 0 Å². The predicted molar refractivity (Wildman–Crippen MR) is 126 cm³/mol. The van der Waals surface area contributed by atoms with Crippen LogP contribution in [0, 0.1) is 0 Å². The van der Waals surface area contributed by atoms with Crippen molar-refractivity contribution in [2.24, 2.45) is 0 Å². The van der Waals surface area contributed by atoms with Crippen molar-refractivity contribution in [1.82, 2.24) is 35.0 Å². The molecule has 0 spiro atoms. The number of rotatable bonds is 7. The highest BCUT2D eigenvalue weighted by atomic mass is 15.3. The molecule has 1 aliphatic heterocycles. The van der Waals surface area contributed by atoms with Crippen LogP contribution in [0.4, 0.5) is 11.8 Å². The molecule has 164 valence electrons. The van der Waals surface area contributed by atoms with Gasteiger partial charge in [-0.1, -0.05) is 6.92 Å². The Balaban J connectivity index is 1.51. The first-order valence-electron chi connectivity index (χ1n) is 11.1. The number of aromatic nitrogens is 6. The molecule has 1 saturated heterocycles. The fraction of sp³-hybridized carbons (Fsp3) is 0.348. The summed E-state index contributed by atoms with van der Waals surface area (Å²) in [7, 11) is 0. The summed E-state index contributed by atoms with van der Waals surface area (Å²) < 4.78 is 1.93. The molecule has 1 aliphatic rings. The summed E-state index contributed by atoms with van der Waals surface area (Å²) in [5.74, 6) is 1.62. The summed E-state index contributed by atoms with van der Waals surface area (Å²) in [6.07, 6.45) is 8.36. The molecular formula is C23H27N9. The van der Waals surface area contributed by atoms with E-state index in [9.17, 15) is 0 Å². The molecule has 5 rings (SSSR count). The Labute approximate surface area is 186 Å². The number of fused-ring (bicyclic) bond motifs is 1. The molecule has 0 atom stereocenters. The van der Waals surface area contributed by atoms with Crippen LogP contribution in [0.1, 0.15) is 18.9 Å². The normalized spacial score (nSPS) is 14.1. The van der Waals surface area contributed by atoms with Crippen molar-refractivity contribution >= 4 is 22.8 Å². The molecule has 9 heteroatoms. The molecule has 32 heavy (non-hydrogen) atoms. The molecule has 9 nitrogen and oxygen atoms in total. The molecule has 0 unspecified atom stereocenters. The number of piperazine rings is 1. The van der Waals surface area contributed by atoms with Crippen LogP contribution in [-0.2, 0) is 6.54 Å². The Morgan fingerprint density at radius 1 is 1.03 bits per heavy atom. The van der Waals surface area contributed by atoms with Crippen molar-refractivity contribution in [1.29, 1.82) is 0 Å². The van der Waals surface area contributed by atoms with E-state index in [1.807, 2.05) is 29.2 Å². The first-order chi connectivity index (χ1) is 15.8. The van der Waals surface area contributed by atoms with E-state index in [2.05, 4.69) is 44.6 Å². The molecule has 1 fully saturated rings. The molecule has 0 amide bonds. The zero-order chi connectivity index (χ0) is 21.8. The van der Waals surface area contributed by atoms with Crippen molar-refractivity contribution in [2.75, 3.05) is 42.9 Å². The number of nitrogens with one attached hydrogen (secondary N) is 2. The summed E-state index contributed by atoms with van der Waals surface area (Å²) in [5.41, 5.74) is 3.72. The Bertz CT molecular complexity index is 1170. The number of anilines is 2. The minimum atomic E-state index is 0.607. The monoisotopic (exact) mass is 429 g/mol. The van der Waals surface area contributed by atoms with E-state index in [1.54, 1.807) is 12.4 Å². The van der Waals surface area contributed by atoms with Gasteiger partial charge < -0.3 is 15.5 Å². The standard InChI is InChI=1S/C23H27N9/c1-2-7-26-23-28-15-19-21(18-3-4-20(27-14-18)31-12-10-25-11-13-31)30-32(22(19)29-23)16-17-5-8-24-9-6-17/h3-6,8-9,14-15,25H,2,7,10-13,16H2,1H3,(H,26,28,29). The summed E-state index contributed by atoms with van der Waals surface area (Å²) in [6, 6.07) is 8.15. The Kier molecular flexibility index (Phi) is 5.89. The first kappa shape index (κ1) is 20.3. The fourth-order valence-corrected chi connectivity index (χ4v) is 3.87. The van der Waals surface area contributed by atoms with Gasteiger partial charge in [-0.3, -0.25) is 4.98 Å². The molecular weight excluding hydrogens is 402 g/mol. The van der Waals surface area contributed by atoms with Crippen LogP contribution < -0.4 is 15.5 Å². The number of nitrogens with zero attached hydrogens (tertiary/aromatic N) is 7. The van der Waals surface area contributed by atoms with Crippen molar-refractivity contribution in [3.63, 3.8) is 0 Å². The van der Waals surface area contributed by atoms with Gasteiger partial charge in [-0.05, 0) is 36.2 Å². The highest BCUT2D eigenvalue weighted by Crippen LogP contribution is 2.28. The van der Waals surface area contributed by atoms with E-state index in [0.717, 1.165) is 72.8 Å². The highest BCUT2D eigenvalue weighted by Gasteiger charge is 2.17. The van der Waals surface area contributed by atoms with Crippen LogP contribution in [0.3, 0.4) is 0 Å². The summed E-state index contributed by atoms with van der Waals surface area (Å²) in [4.78, 5) is 20.4. The van der Waals surface area contributed by atoms with Crippen molar-refractivity contribution < 1.29 is 0 Å². The minimum Gasteiger partial charge on any atom is -0.354 e. The lowest BCUT2D eigenvalue weighted by molar-refractivity contribution is 0.585. The van der Waals surface area contributed by atoms with Gasteiger partial charge in [-0.15, -0.1) is 0 Å². The SMILES string of the molecule is CCCNc1ncc2c(-c3ccc(N4CCNCC4)nc3)nn(Cc3ccncc3)c2n1. The Morgan fingerprint density at radius 2 is 1.88 bits per heavy atom. The number of hydrogen-bond acceptors (Lipinski definition) is 8. The third-order valence-electron chi connectivity index (χ3n) is 5.57. The lowest BCUT2D eigenvalue weighted by Crippen LogP contribution is -2.43. The van der Waals surface area contributed by atoms with Gasteiger partial charge in [-0.2, -0.15) is 10.1 Å². The van der Waals surface area contributed by atoms with Gasteiger partial charge in [0.2, 0.25) is 5.95 Å². The number of hydrogen-bond donors (Lipinski definition) is 2. The lowest BCUT2D eigenvalue weighted by atomic mass is 10.1. The van der Waals surface area contributed by atoms with E-state index in [4.69, 9.17) is 15.1 Å². The van der Waals surface area contributed by atoms with Gasteiger partial charge in [0, 0.05) is 63.1 Å². The maximum atomic E-state index is 4.92. The fourth-order valence-electron chi connectivity index (χ4n) is 3.87. The zero-order valence-corrected chi connectivity index (χ0v) is 18.2. The largest absolute Gasteiger partial charge is 0.354 e. The predicted octanol–water partition coefficient (Wildman–Crippen LogP) is 2.56. The molecule has 0 bridgehead atoms. The molecule has 0 radical (unpaired) electrons. The van der Waals surface area contributed by atoms with E-state index in [1.165, 1.54) is 0 Å². The molecule has 4 aromatic rings. The second-order valence-corrected chi connectivity index (χ2v) is 7.86. The summed E-state index contributed by atoms with van der Waals surface area (Å²) in [5, 5.41) is 12.5. The molecule has 0 aliphatic carbocycles. The highest BCUT2D eigenvalue weighted by molar-refractivity contribution is 5.91. The number of pyridine rings is 2. The van der Waals surface area contributed by atoms with Crippen molar-refractivity contribution in [2.45, 2.75) is 19.9 Å². The van der Waals surface area contributed by atoms with Gasteiger partial charge in [-0.25, -0.2) is 14.6 Å². The second-order valence-electron chi connectivity index (χ2n) is 7.86. The van der Waals surface area contributed by atoms with Gasteiger partial charge in [0.1, 0.15) is 11.5 Å². The van der Waals surface area contributed by atoms with Crippen LogP contribution in [0.5, 0.6) is 0 Å². The van der Waals surface area contributed by atoms with E-state index in [0.29, 0.717) is 12.5 Å². The molecule has 2 N–H and O–H groups in total. The smallest absolute Gasteiger partial charge is 0.224 e. The van der Waals surface area contributed by atoms with E-state index in [-0.39, 0.29) is 0 Å². The van der Waals surface area contributed by atoms with Crippen LogP contribution in [0.15, 0.2) is 49.1 Å². The second kappa shape index (κ2) is 9.27. The Morgan fingerprint density at radius 3 is 2.62 bits per heavy atom. The third kappa shape index (κ3) is 4.24. The molecule has 4 aromatic heterocycles. The van der Waals surface area contributed by atoms with Crippen LogP contribution in [-0.4, -0.2) is 62.4 Å². The summed E-state index contributed by atoms with van der Waals surface area (Å²) >= 11 is 0.